The molecule has 88 valence electrons. The van der Waals surface area contributed by atoms with Crippen LogP contribution in [0, 0.1) is 0 Å². The van der Waals surface area contributed by atoms with Crippen molar-refractivity contribution in [2.75, 3.05) is 6.73 Å². The molecule has 0 amide bonds. The van der Waals surface area contributed by atoms with Gasteiger partial charge in [-0.05, 0) is 30.4 Å². The van der Waals surface area contributed by atoms with E-state index in [1.54, 1.807) is 0 Å². The van der Waals surface area contributed by atoms with Crippen molar-refractivity contribution in [3.05, 3.63) is 35.4 Å². The van der Waals surface area contributed by atoms with Crippen LogP contribution in [0.1, 0.15) is 29.2 Å². The summed E-state index contributed by atoms with van der Waals surface area (Å²) in [4.78, 5) is 0. The summed E-state index contributed by atoms with van der Waals surface area (Å²) >= 11 is 0. The molecule has 0 bridgehead atoms. The molecule has 2 N–H and O–H groups in total. The van der Waals surface area contributed by atoms with Crippen molar-refractivity contribution in [3.63, 3.8) is 0 Å². The number of hydrogen-bond donors (Lipinski definition) is 2. The summed E-state index contributed by atoms with van der Waals surface area (Å²) in [5, 5.41) is 8.17. The molecule has 0 saturated carbocycles. The van der Waals surface area contributed by atoms with Crippen LogP contribution in [0.3, 0.4) is 0 Å². The first-order chi connectivity index (χ1) is 7.65. The highest BCUT2D eigenvalue weighted by Gasteiger charge is 2.30. The SMILES string of the molecule is O=S(=O)(NCO)C1CCCc2ccccc21. The number of rotatable bonds is 3. The van der Waals surface area contributed by atoms with E-state index in [-0.39, 0.29) is 0 Å². The van der Waals surface area contributed by atoms with Crippen LogP contribution in [0.2, 0.25) is 0 Å². The molecular formula is C11H15NO3S. The first-order valence-corrected chi connectivity index (χ1v) is 6.87. The second kappa shape index (κ2) is 4.53. The third kappa shape index (κ3) is 2.11. The van der Waals surface area contributed by atoms with Gasteiger partial charge in [0.25, 0.3) is 0 Å². The number of hydrogen-bond acceptors (Lipinski definition) is 3. The summed E-state index contributed by atoms with van der Waals surface area (Å²) in [5.41, 5.74) is 1.97. The van der Waals surface area contributed by atoms with Crippen molar-refractivity contribution < 1.29 is 13.5 Å². The fourth-order valence-corrected chi connectivity index (χ4v) is 3.64. The van der Waals surface area contributed by atoms with Gasteiger partial charge in [-0.1, -0.05) is 24.3 Å². The number of aryl methyl sites for hydroxylation is 1. The van der Waals surface area contributed by atoms with Crippen molar-refractivity contribution in [1.29, 1.82) is 0 Å². The van der Waals surface area contributed by atoms with Gasteiger partial charge in [-0.25, -0.2) is 8.42 Å². The third-order valence-corrected chi connectivity index (χ3v) is 4.72. The van der Waals surface area contributed by atoms with Gasteiger partial charge in [0.1, 0.15) is 12.0 Å². The predicted octanol–water partition coefficient (Wildman–Crippen LogP) is 0.933. The van der Waals surface area contributed by atoms with E-state index in [1.165, 1.54) is 0 Å². The quantitative estimate of drug-likeness (QED) is 0.774. The van der Waals surface area contributed by atoms with Gasteiger partial charge in [0.15, 0.2) is 0 Å². The maximum atomic E-state index is 11.9. The lowest BCUT2D eigenvalue weighted by atomic mass is 9.91. The Morgan fingerprint density at radius 2 is 2.12 bits per heavy atom. The Hall–Kier alpha value is -0.910. The standard InChI is InChI=1S/C11H15NO3S/c13-8-12-16(14,15)11-7-3-5-9-4-1-2-6-10(9)11/h1-2,4,6,11-13H,3,5,7-8H2. The van der Waals surface area contributed by atoms with E-state index in [0.29, 0.717) is 6.42 Å². The summed E-state index contributed by atoms with van der Waals surface area (Å²) in [6.45, 7) is -0.541. The van der Waals surface area contributed by atoms with Crippen molar-refractivity contribution >= 4 is 10.0 Å². The Bertz CT molecular complexity index is 470. The number of benzene rings is 1. The molecule has 0 heterocycles. The number of nitrogens with one attached hydrogen (secondary N) is 1. The molecule has 0 fully saturated rings. The van der Waals surface area contributed by atoms with Crippen molar-refractivity contribution in [2.45, 2.75) is 24.5 Å². The molecule has 0 spiro atoms. The van der Waals surface area contributed by atoms with E-state index in [0.717, 1.165) is 24.0 Å². The second-order valence-corrected chi connectivity index (χ2v) is 5.87. The first-order valence-electron chi connectivity index (χ1n) is 5.32. The molecule has 0 saturated heterocycles. The minimum absolute atomic E-state index is 0.524. The second-order valence-electron chi connectivity index (χ2n) is 3.93. The highest BCUT2D eigenvalue weighted by Crippen LogP contribution is 2.34. The molecule has 0 aromatic heterocycles. The summed E-state index contributed by atoms with van der Waals surface area (Å²) in [7, 11) is -3.45. The number of aliphatic hydroxyl groups excluding tert-OH is 1. The summed E-state index contributed by atoms with van der Waals surface area (Å²) < 4.78 is 25.9. The van der Waals surface area contributed by atoms with Gasteiger partial charge >= 0.3 is 0 Å². The van der Waals surface area contributed by atoms with Crippen LogP contribution in [0.5, 0.6) is 0 Å². The van der Waals surface area contributed by atoms with E-state index in [1.807, 2.05) is 24.3 Å². The van der Waals surface area contributed by atoms with Gasteiger partial charge in [0, 0.05) is 0 Å². The molecule has 1 aromatic carbocycles. The lowest BCUT2D eigenvalue weighted by molar-refractivity contribution is 0.287. The van der Waals surface area contributed by atoms with Gasteiger partial charge in [0.05, 0.1) is 0 Å². The Kier molecular flexibility index (Phi) is 3.28. The van der Waals surface area contributed by atoms with Crippen molar-refractivity contribution in [1.82, 2.24) is 4.72 Å². The van der Waals surface area contributed by atoms with Crippen LogP contribution in [-0.2, 0) is 16.4 Å². The van der Waals surface area contributed by atoms with E-state index >= 15 is 0 Å². The zero-order valence-corrected chi connectivity index (χ0v) is 9.70. The van der Waals surface area contributed by atoms with E-state index in [2.05, 4.69) is 4.72 Å². The van der Waals surface area contributed by atoms with E-state index in [4.69, 9.17) is 5.11 Å². The highest BCUT2D eigenvalue weighted by atomic mass is 32.2. The van der Waals surface area contributed by atoms with Crippen LogP contribution in [0.15, 0.2) is 24.3 Å². The Morgan fingerprint density at radius 1 is 1.38 bits per heavy atom. The van der Waals surface area contributed by atoms with Crippen LogP contribution >= 0.6 is 0 Å². The molecule has 5 heteroatoms. The molecule has 1 atom stereocenters. The molecule has 4 nitrogen and oxygen atoms in total. The van der Waals surface area contributed by atoms with E-state index < -0.39 is 22.0 Å². The van der Waals surface area contributed by atoms with Crippen molar-refractivity contribution in [2.24, 2.45) is 0 Å². The molecule has 0 aliphatic heterocycles. The average molecular weight is 241 g/mol. The van der Waals surface area contributed by atoms with Gasteiger partial charge in [-0.3, -0.25) is 0 Å². The smallest absolute Gasteiger partial charge is 0.220 e. The predicted molar refractivity (Wildman–Crippen MR) is 61.3 cm³/mol. The molecule has 1 aliphatic rings. The van der Waals surface area contributed by atoms with Crippen LogP contribution < -0.4 is 4.72 Å². The Balaban J connectivity index is 2.39. The van der Waals surface area contributed by atoms with Crippen LogP contribution in [-0.4, -0.2) is 20.3 Å². The number of sulfonamides is 1. The lowest BCUT2D eigenvalue weighted by Gasteiger charge is -2.25. The maximum absolute atomic E-state index is 11.9. The van der Waals surface area contributed by atoms with Crippen molar-refractivity contribution in [3.8, 4) is 0 Å². The average Bonchev–Trinajstić information content (AvgIpc) is 2.28. The summed E-state index contributed by atoms with van der Waals surface area (Å²) in [6.07, 6.45) is 2.42. The molecular weight excluding hydrogens is 226 g/mol. The van der Waals surface area contributed by atoms with Gasteiger partial charge in [-0.2, -0.15) is 4.72 Å². The zero-order chi connectivity index (χ0) is 11.6. The maximum Gasteiger partial charge on any atom is 0.220 e. The molecule has 1 aliphatic carbocycles. The largest absolute Gasteiger partial charge is 0.380 e. The monoisotopic (exact) mass is 241 g/mol. The van der Waals surface area contributed by atoms with Gasteiger partial charge in [0.2, 0.25) is 10.0 Å². The van der Waals surface area contributed by atoms with Crippen LogP contribution in [0.25, 0.3) is 0 Å². The Morgan fingerprint density at radius 3 is 2.88 bits per heavy atom. The summed E-state index contributed by atoms with van der Waals surface area (Å²) in [5.74, 6) is 0. The normalized spacial score (nSPS) is 20.4. The molecule has 0 radical (unpaired) electrons. The van der Waals surface area contributed by atoms with Gasteiger partial charge < -0.3 is 5.11 Å². The topological polar surface area (TPSA) is 66.4 Å². The van der Waals surface area contributed by atoms with Gasteiger partial charge in [-0.15, -0.1) is 0 Å². The molecule has 1 aromatic rings. The number of aliphatic hydroxyl groups is 1. The fraction of sp³-hybridized carbons (Fsp3) is 0.455. The first kappa shape index (κ1) is 11.6. The zero-order valence-electron chi connectivity index (χ0n) is 8.89. The fourth-order valence-electron chi connectivity index (χ4n) is 2.22. The minimum atomic E-state index is -3.45. The summed E-state index contributed by atoms with van der Waals surface area (Å²) in [6, 6.07) is 7.60. The Labute approximate surface area is 95.4 Å². The molecule has 2 rings (SSSR count). The molecule has 1 unspecified atom stereocenters. The lowest BCUT2D eigenvalue weighted by Crippen LogP contribution is -2.31. The number of fused-ring (bicyclic) bond motifs is 1. The molecule has 16 heavy (non-hydrogen) atoms. The minimum Gasteiger partial charge on any atom is -0.380 e. The van der Waals surface area contributed by atoms with Crippen LogP contribution in [0.4, 0.5) is 0 Å². The third-order valence-electron chi connectivity index (χ3n) is 2.95. The van der Waals surface area contributed by atoms with E-state index in [9.17, 15) is 8.42 Å². The highest BCUT2D eigenvalue weighted by molar-refractivity contribution is 7.89.